The van der Waals surface area contributed by atoms with Crippen molar-refractivity contribution >= 4 is 0 Å². The first-order valence-electron chi connectivity index (χ1n) is 5.09. The molecule has 1 saturated carbocycles. The van der Waals surface area contributed by atoms with E-state index in [-0.39, 0.29) is 12.1 Å². The monoisotopic (exact) mass is 195 g/mol. The van der Waals surface area contributed by atoms with Crippen LogP contribution in [0.4, 0.5) is 0 Å². The summed E-state index contributed by atoms with van der Waals surface area (Å²) in [6.07, 6.45) is 6.00. The summed E-state index contributed by atoms with van der Waals surface area (Å²) >= 11 is 0. The van der Waals surface area contributed by atoms with Crippen molar-refractivity contribution in [1.82, 2.24) is 14.9 Å². The molecule has 78 valence electrons. The van der Waals surface area contributed by atoms with E-state index in [4.69, 9.17) is 5.11 Å². The molecule has 1 aliphatic rings. The number of imidazole rings is 1. The first kappa shape index (κ1) is 9.68. The number of nitrogens with one attached hydrogen (secondary N) is 1. The van der Waals surface area contributed by atoms with Gasteiger partial charge in [0.1, 0.15) is 5.82 Å². The van der Waals surface area contributed by atoms with E-state index < -0.39 is 0 Å². The van der Waals surface area contributed by atoms with Crippen LogP contribution >= 0.6 is 0 Å². The highest BCUT2D eigenvalue weighted by atomic mass is 16.3. The zero-order chi connectivity index (χ0) is 10.0. The lowest BCUT2D eigenvalue weighted by molar-refractivity contribution is 0.229. The molecule has 0 unspecified atom stereocenters. The van der Waals surface area contributed by atoms with Crippen LogP contribution in [0.3, 0.4) is 0 Å². The van der Waals surface area contributed by atoms with Gasteiger partial charge in [0.05, 0.1) is 6.61 Å². The van der Waals surface area contributed by atoms with Gasteiger partial charge in [0.25, 0.3) is 0 Å². The third kappa shape index (κ3) is 1.96. The van der Waals surface area contributed by atoms with E-state index in [1.165, 1.54) is 0 Å². The standard InChI is InChI=1S/C10H17N3O/c1-9-11-4-6-13(9)7-5-12-10(8-14)2-3-10/h4,6,12,14H,2-3,5,7-8H2,1H3. The van der Waals surface area contributed by atoms with Crippen molar-refractivity contribution in [3.05, 3.63) is 18.2 Å². The van der Waals surface area contributed by atoms with E-state index in [9.17, 15) is 0 Å². The van der Waals surface area contributed by atoms with Gasteiger partial charge in [-0.05, 0) is 19.8 Å². The molecule has 0 atom stereocenters. The normalized spacial score (nSPS) is 18.4. The van der Waals surface area contributed by atoms with Crippen molar-refractivity contribution in [3.8, 4) is 0 Å². The predicted octanol–water partition coefficient (Wildman–Crippen LogP) is 0.306. The Bertz CT molecular complexity index is 304. The molecule has 1 aromatic heterocycles. The Morgan fingerprint density at radius 1 is 1.64 bits per heavy atom. The molecule has 1 heterocycles. The molecule has 2 rings (SSSR count). The van der Waals surface area contributed by atoms with Gasteiger partial charge in [-0.15, -0.1) is 0 Å². The summed E-state index contributed by atoms with van der Waals surface area (Å²) in [5.74, 6) is 1.04. The van der Waals surface area contributed by atoms with Gasteiger partial charge in [0.15, 0.2) is 0 Å². The molecule has 1 aliphatic carbocycles. The maximum absolute atomic E-state index is 9.09. The molecule has 0 saturated heterocycles. The molecule has 1 fully saturated rings. The first-order chi connectivity index (χ1) is 6.76. The molecule has 14 heavy (non-hydrogen) atoms. The van der Waals surface area contributed by atoms with E-state index in [1.54, 1.807) is 0 Å². The largest absolute Gasteiger partial charge is 0.394 e. The van der Waals surface area contributed by atoms with Gasteiger partial charge in [-0.2, -0.15) is 0 Å². The molecule has 4 nitrogen and oxygen atoms in total. The summed E-state index contributed by atoms with van der Waals surface area (Å²) in [6, 6.07) is 0. The third-order valence-corrected chi connectivity index (χ3v) is 2.93. The van der Waals surface area contributed by atoms with Crippen molar-refractivity contribution in [2.45, 2.75) is 31.8 Å². The van der Waals surface area contributed by atoms with Crippen LogP contribution in [0.5, 0.6) is 0 Å². The average Bonchev–Trinajstić information content (AvgIpc) is 2.86. The maximum atomic E-state index is 9.09. The van der Waals surface area contributed by atoms with Crippen LogP contribution < -0.4 is 5.32 Å². The Morgan fingerprint density at radius 3 is 2.93 bits per heavy atom. The van der Waals surface area contributed by atoms with Crippen LogP contribution in [-0.4, -0.2) is 33.3 Å². The number of aliphatic hydroxyl groups excluding tert-OH is 1. The SMILES string of the molecule is Cc1nccn1CCNC1(CO)CC1. The minimum atomic E-state index is 0.0501. The molecule has 0 aliphatic heterocycles. The van der Waals surface area contributed by atoms with E-state index in [0.717, 1.165) is 31.8 Å². The topological polar surface area (TPSA) is 50.1 Å². The second-order valence-corrected chi connectivity index (χ2v) is 4.03. The summed E-state index contributed by atoms with van der Waals surface area (Å²) in [5.41, 5.74) is 0.0501. The number of nitrogens with zero attached hydrogens (tertiary/aromatic N) is 2. The van der Waals surface area contributed by atoms with Crippen LogP contribution in [0, 0.1) is 6.92 Å². The number of aryl methyl sites for hydroxylation is 1. The van der Waals surface area contributed by atoms with E-state index in [2.05, 4.69) is 14.9 Å². The van der Waals surface area contributed by atoms with Crippen LogP contribution in [0.15, 0.2) is 12.4 Å². The second-order valence-electron chi connectivity index (χ2n) is 4.03. The van der Waals surface area contributed by atoms with Crippen molar-refractivity contribution in [1.29, 1.82) is 0 Å². The van der Waals surface area contributed by atoms with Crippen molar-refractivity contribution < 1.29 is 5.11 Å². The van der Waals surface area contributed by atoms with Gasteiger partial charge in [0.2, 0.25) is 0 Å². The highest BCUT2D eigenvalue weighted by molar-refractivity contribution is 5.01. The van der Waals surface area contributed by atoms with Gasteiger partial charge < -0.3 is 15.0 Å². The average molecular weight is 195 g/mol. The Hall–Kier alpha value is -0.870. The Balaban J connectivity index is 1.76. The van der Waals surface area contributed by atoms with Crippen LogP contribution in [0.1, 0.15) is 18.7 Å². The van der Waals surface area contributed by atoms with Gasteiger partial charge in [0, 0.05) is 31.0 Å². The molecule has 2 N–H and O–H groups in total. The fourth-order valence-electron chi connectivity index (χ4n) is 1.62. The van der Waals surface area contributed by atoms with Gasteiger partial charge in [-0.3, -0.25) is 0 Å². The van der Waals surface area contributed by atoms with Gasteiger partial charge in [-0.25, -0.2) is 4.98 Å². The predicted molar refractivity (Wildman–Crippen MR) is 54.0 cm³/mol. The van der Waals surface area contributed by atoms with Crippen LogP contribution in [0.2, 0.25) is 0 Å². The summed E-state index contributed by atoms with van der Waals surface area (Å²) in [4.78, 5) is 4.15. The molecular weight excluding hydrogens is 178 g/mol. The van der Waals surface area contributed by atoms with Crippen molar-refractivity contribution in [2.75, 3.05) is 13.2 Å². The summed E-state index contributed by atoms with van der Waals surface area (Å²) in [5, 5.41) is 12.5. The second kappa shape index (κ2) is 3.71. The molecule has 4 heteroatoms. The van der Waals surface area contributed by atoms with Crippen molar-refractivity contribution in [3.63, 3.8) is 0 Å². The number of aliphatic hydroxyl groups is 1. The number of aromatic nitrogens is 2. The van der Waals surface area contributed by atoms with Crippen LogP contribution in [-0.2, 0) is 6.54 Å². The Kier molecular flexibility index (Phi) is 2.56. The van der Waals surface area contributed by atoms with Crippen LogP contribution in [0.25, 0.3) is 0 Å². The first-order valence-corrected chi connectivity index (χ1v) is 5.09. The molecule has 0 amide bonds. The summed E-state index contributed by atoms with van der Waals surface area (Å²) < 4.78 is 2.11. The molecule has 0 spiro atoms. The highest BCUT2D eigenvalue weighted by Gasteiger charge is 2.41. The summed E-state index contributed by atoms with van der Waals surface area (Å²) in [7, 11) is 0. The minimum Gasteiger partial charge on any atom is -0.394 e. The zero-order valence-corrected chi connectivity index (χ0v) is 8.53. The quantitative estimate of drug-likeness (QED) is 0.710. The van der Waals surface area contributed by atoms with E-state index >= 15 is 0 Å². The van der Waals surface area contributed by atoms with E-state index in [1.807, 2.05) is 19.3 Å². The lowest BCUT2D eigenvalue weighted by Gasteiger charge is -2.14. The Morgan fingerprint density at radius 2 is 2.43 bits per heavy atom. The fourth-order valence-corrected chi connectivity index (χ4v) is 1.62. The Labute approximate surface area is 84.0 Å². The fraction of sp³-hybridized carbons (Fsp3) is 0.700. The maximum Gasteiger partial charge on any atom is 0.105 e. The third-order valence-electron chi connectivity index (χ3n) is 2.93. The van der Waals surface area contributed by atoms with E-state index in [0.29, 0.717) is 0 Å². The van der Waals surface area contributed by atoms with Gasteiger partial charge in [-0.1, -0.05) is 0 Å². The molecule has 1 aromatic rings. The number of hydrogen-bond acceptors (Lipinski definition) is 3. The molecule has 0 radical (unpaired) electrons. The molecular formula is C10H17N3O. The summed E-state index contributed by atoms with van der Waals surface area (Å²) in [6.45, 7) is 4.08. The zero-order valence-electron chi connectivity index (χ0n) is 8.53. The lowest BCUT2D eigenvalue weighted by Crippen LogP contribution is -2.36. The lowest BCUT2D eigenvalue weighted by atomic mass is 10.3. The minimum absolute atomic E-state index is 0.0501. The highest BCUT2D eigenvalue weighted by Crippen LogP contribution is 2.34. The number of rotatable bonds is 5. The number of hydrogen-bond donors (Lipinski definition) is 2. The smallest absolute Gasteiger partial charge is 0.105 e. The van der Waals surface area contributed by atoms with Crippen molar-refractivity contribution in [2.24, 2.45) is 0 Å². The molecule has 0 bridgehead atoms. The van der Waals surface area contributed by atoms with Gasteiger partial charge >= 0.3 is 0 Å². The molecule has 0 aromatic carbocycles.